The van der Waals surface area contributed by atoms with Crippen molar-refractivity contribution in [1.29, 1.82) is 0 Å². The van der Waals surface area contributed by atoms with E-state index in [-0.39, 0.29) is 35.9 Å². The van der Waals surface area contributed by atoms with E-state index >= 15 is 0 Å². The molecule has 1 amide bonds. The van der Waals surface area contributed by atoms with E-state index in [1.807, 2.05) is 11.0 Å². The summed E-state index contributed by atoms with van der Waals surface area (Å²) < 4.78 is 5.54. The van der Waals surface area contributed by atoms with E-state index in [0.717, 1.165) is 88.9 Å². The Kier molecular flexibility index (Phi) is 11.2. The molecule has 3 rings (SSSR count). The summed E-state index contributed by atoms with van der Waals surface area (Å²) in [6.45, 7) is 15.1. The second-order valence-electron chi connectivity index (χ2n) is 8.63. The lowest BCUT2D eigenvalue weighted by Gasteiger charge is -2.39. The second kappa shape index (κ2) is 13.4. The fraction of sp³-hybridized carbons (Fsp3) is 0.783. The van der Waals surface area contributed by atoms with Gasteiger partial charge in [-0.15, -0.1) is 24.0 Å². The molecule has 0 aliphatic carbocycles. The predicted octanol–water partition coefficient (Wildman–Crippen LogP) is 3.29. The molecule has 2 fully saturated rings. The molecule has 0 radical (unpaired) electrons. The third-order valence-corrected chi connectivity index (χ3v) is 6.64. The Labute approximate surface area is 210 Å². The van der Waals surface area contributed by atoms with Gasteiger partial charge in [-0.25, -0.2) is 4.99 Å². The number of rotatable bonds is 8. The molecule has 9 heteroatoms. The maximum absolute atomic E-state index is 12.7. The number of hydrogen-bond acceptors (Lipinski definition) is 5. The molecule has 1 N–H and O–H groups in total. The summed E-state index contributed by atoms with van der Waals surface area (Å²) in [6, 6.07) is 2.01. The number of likely N-dealkylation sites (tertiary alicyclic amines) is 1. The second-order valence-corrected chi connectivity index (χ2v) is 8.63. The third kappa shape index (κ3) is 6.82. The highest BCUT2D eigenvalue weighted by atomic mass is 127. The van der Waals surface area contributed by atoms with Crippen molar-refractivity contribution >= 4 is 35.8 Å². The van der Waals surface area contributed by atoms with Gasteiger partial charge in [0.25, 0.3) is 0 Å². The number of nitrogens with zero attached hydrogens (tertiary/aromatic N) is 5. The number of aliphatic imine (C=N–C) groups is 1. The summed E-state index contributed by atoms with van der Waals surface area (Å²) in [5.41, 5.74) is 1.03. The zero-order valence-corrected chi connectivity index (χ0v) is 22.5. The van der Waals surface area contributed by atoms with Crippen LogP contribution in [0.25, 0.3) is 0 Å². The molecular formula is C23H41IN6O2. The lowest BCUT2D eigenvalue weighted by molar-refractivity contribution is -0.135. The number of aromatic nitrogens is 1. The lowest BCUT2D eigenvalue weighted by atomic mass is 9.99. The van der Waals surface area contributed by atoms with Crippen LogP contribution in [0.1, 0.15) is 70.8 Å². The maximum Gasteiger partial charge on any atom is 0.239 e. The molecule has 2 aliphatic rings. The van der Waals surface area contributed by atoms with Crippen molar-refractivity contribution in [3.8, 4) is 0 Å². The minimum Gasteiger partial charge on any atom is -0.359 e. The smallest absolute Gasteiger partial charge is 0.239 e. The Hall–Kier alpha value is -1.36. The van der Waals surface area contributed by atoms with E-state index < -0.39 is 0 Å². The Morgan fingerprint density at radius 3 is 2.34 bits per heavy atom. The molecule has 32 heavy (non-hydrogen) atoms. The summed E-state index contributed by atoms with van der Waals surface area (Å²) in [5.74, 6) is 2.44. The monoisotopic (exact) mass is 560 g/mol. The summed E-state index contributed by atoms with van der Waals surface area (Å²) in [4.78, 5) is 24.1. The Morgan fingerprint density at radius 2 is 1.75 bits per heavy atom. The van der Waals surface area contributed by atoms with Gasteiger partial charge in [0.15, 0.2) is 11.7 Å². The quantitative estimate of drug-likeness (QED) is 0.299. The molecule has 1 unspecified atom stereocenters. The standard InChI is InChI=1S/C23H40N6O2.HI/c1-5-19(6-2)21-16-20(31-26-21)17-25-23(24-7-3)29-14-12-27(13-15-29)18(4)22(30)28-10-8-9-11-28;/h16,18-19H,5-15,17H2,1-4H3,(H,24,25);1H. The number of guanidine groups is 1. The van der Waals surface area contributed by atoms with Gasteiger partial charge in [0.1, 0.15) is 6.54 Å². The van der Waals surface area contributed by atoms with E-state index in [0.29, 0.717) is 12.5 Å². The van der Waals surface area contributed by atoms with Gasteiger partial charge in [-0.2, -0.15) is 0 Å². The van der Waals surface area contributed by atoms with E-state index in [2.05, 4.69) is 48.0 Å². The van der Waals surface area contributed by atoms with Crippen LogP contribution in [-0.4, -0.2) is 83.6 Å². The first-order chi connectivity index (χ1) is 15.1. The van der Waals surface area contributed by atoms with Crippen LogP contribution in [0.4, 0.5) is 0 Å². The van der Waals surface area contributed by atoms with Gasteiger partial charge < -0.3 is 19.6 Å². The molecule has 0 aromatic carbocycles. The van der Waals surface area contributed by atoms with Crippen molar-refractivity contribution in [3.63, 3.8) is 0 Å². The molecule has 1 aromatic heterocycles. The summed E-state index contributed by atoms with van der Waals surface area (Å²) in [5, 5.41) is 7.66. The molecule has 0 bridgehead atoms. The van der Waals surface area contributed by atoms with Crippen molar-refractivity contribution in [2.45, 2.75) is 71.9 Å². The first-order valence-corrected chi connectivity index (χ1v) is 12.1. The molecule has 182 valence electrons. The fourth-order valence-corrected chi connectivity index (χ4v) is 4.56. The average molecular weight is 561 g/mol. The van der Waals surface area contributed by atoms with Crippen molar-refractivity contribution in [3.05, 3.63) is 17.5 Å². The summed E-state index contributed by atoms with van der Waals surface area (Å²) in [6.07, 6.45) is 4.41. The zero-order chi connectivity index (χ0) is 22.2. The van der Waals surface area contributed by atoms with Gasteiger partial charge in [0.2, 0.25) is 5.91 Å². The van der Waals surface area contributed by atoms with Gasteiger partial charge in [-0.05, 0) is 39.5 Å². The molecule has 0 spiro atoms. The molecule has 3 heterocycles. The molecule has 2 saturated heterocycles. The predicted molar refractivity (Wildman–Crippen MR) is 138 cm³/mol. The van der Waals surface area contributed by atoms with E-state index in [1.54, 1.807) is 0 Å². The number of carbonyl (C=O) groups is 1. The normalized spacial score (nSPS) is 18.7. The van der Waals surface area contributed by atoms with Crippen LogP contribution >= 0.6 is 24.0 Å². The van der Waals surface area contributed by atoms with Crippen LogP contribution < -0.4 is 5.32 Å². The highest BCUT2D eigenvalue weighted by Gasteiger charge is 2.30. The number of hydrogen-bond donors (Lipinski definition) is 1. The molecule has 1 atom stereocenters. The van der Waals surface area contributed by atoms with Crippen LogP contribution in [0.3, 0.4) is 0 Å². The van der Waals surface area contributed by atoms with Gasteiger partial charge in [0, 0.05) is 57.8 Å². The van der Waals surface area contributed by atoms with Crippen LogP contribution in [0.2, 0.25) is 0 Å². The maximum atomic E-state index is 12.7. The van der Waals surface area contributed by atoms with E-state index in [1.165, 1.54) is 0 Å². The van der Waals surface area contributed by atoms with E-state index in [4.69, 9.17) is 9.52 Å². The van der Waals surface area contributed by atoms with Crippen molar-refractivity contribution < 1.29 is 9.32 Å². The zero-order valence-electron chi connectivity index (χ0n) is 20.2. The van der Waals surface area contributed by atoms with Gasteiger partial charge >= 0.3 is 0 Å². The molecule has 2 aliphatic heterocycles. The minimum atomic E-state index is -0.0440. The summed E-state index contributed by atoms with van der Waals surface area (Å²) >= 11 is 0. The topological polar surface area (TPSA) is 77.2 Å². The van der Waals surface area contributed by atoms with Crippen molar-refractivity contribution in [2.75, 3.05) is 45.8 Å². The average Bonchev–Trinajstić information content (AvgIpc) is 3.49. The van der Waals surface area contributed by atoms with Gasteiger partial charge in [-0.1, -0.05) is 19.0 Å². The number of carbonyl (C=O) groups excluding carboxylic acids is 1. The fourth-order valence-electron chi connectivity index (χ4n) is 4.56. The van der Waals surface area contributed by atoms with E-state index in [9.17, 15) is 4.79 Å². The third-order valence-electron chi connectivity index (χ3n) is 6.64. The number of amides is 1. The van der Waals surface area contributed by atoms with Crippen molar-refractivity contribution in [2.24, 2.45) is 4.99 Å². The highest BCUT2D eigenvalue weighted by Crippen LogP contribution is 2.22. The minimum absolute atomic E-state index is 0. The SMILES string of the molecule is CCNC(=NCc1cc(C(CC)CC)no1)N1CCN(C(C)C(=O)N2CCCC2)CC1.I. The number of nitrogens with one attached hydrogen (secondary N) is 1. The molecule has 0 saturated carbocycles. The van der Waals surface area contributed by atoms with Crippen LogP contribution in [0.15, 0.2) is 15.6 Å². The molecule has 1 aromatic rings. The Bertz CT molecular complexity index is 722. The largest absolute Gasteiger partial charge is 0.359 e. The first-order valence-electron chi connectivity index (χ1n) is 12.1. The van der Waals surface area contributed by atoms with Crippen molar-refractivity contribution in [1.82, 2.24) is 25.2 Å². The van der Waals surface area contributed by atoms with Crippen LogP contribution in [-0.2, 0) is 11.3 Å². The van der Waals surface area contributed by atoms with Gasteiger partial charge in [0.05, 0.1) is 11.7 Å². The number of halogens is 1. The number of piperazine rings is 1. The van der Waals surface area contributed by atoms with Crippen LogP contribution in [0.5, 0.6) is 0 Å². The Morgan fingerprint density at radius 1 is 1.09 bits per heavy atom. The Balaban J connectivity index is 0.00000363. The first kappa shape index (κ1) is 26.9. The van der Waals surface area contributed by atoms with Crippen LogP contribution in [0, 0.1) is 0 Å². The highest BCUT2D eigenvalue weighted by molar-refractivity contribution is 14.0. The summed E-state index contributed by atoms with van der Waals surface area (Å²) in [7, 11) is 0. The van der Waals surface area contributed by atoms with Gasteiger partial charge in [-0.3, -0.25) is 9.69 Å². The molecule has 8 nitrogen and oxygen atoms in total. The lowest BCUT2D eigenvalue weighted by Crippen LogP contribution is -2.57. The molecular weight excluding hydrogens is 519 g/mol.